The molecule has 0 atom stereocenters. The predicted octanol–water partition coefficient (Wildman–Crippen LogP) is 2.53. The molecule has 19 heavy (non-hydrogen) atoms. The molecule has 2 rings (SSSR count). The number of amides is 1. The standard InChI is InChI=1S/C13H13ClN4O/c1-8-7-12(17-15-8)13(19)18-16-9(2)10-3-5-11(14)6-4-10/h3-7H,1-2H3,(H,15,17)(H,18,19)/b16-9-. The van der Waals surface area contributed by atoms with Crippen LogP contribution in [0.5, 0.6) is 0 Å². The molecule has 0 fully saturated rings. The highest BCUT2D eigenvalue weighted by atomic mass is 35.5. The van der Waals surface area contributed by atoms with E-state index in [0.717, 1.165) is 11.3 Å². The monoisotopic (exact) mass is 276 g/mol. The number of nitrogens with zero attached hydrogens (tertiary/aromatic N) is 2. The predicted molar refractivity (Wildman–Crippen MR) is 74.5 cm³/mol. The average Bonchev–Trinajstić information content (AvgIpc) is 2.83. The van der Waals surface area contributed by atoms with Gasteiger partial charge in [0.05, 0.1) is 5.71 Å². The Hall–Kier alpha value is -2.14. The van der Waals surface area contributed by atoms with Gasteiger partial charge in [-0.25, -0.2) is 5.43 Å². The van der Waals surface area contributed by atoms with E-state index in [-0.39, 0.29) is 5.91 Å². The molecule has 6 heteroatoms. The van der Waals surface area contributed by atoms with Crippen LogP contribution in [0.1, 0.15) is 28.7 Å². The van der Waals surface area contributed by atoms with Crippen molar-refractivity contribution in [1.82, 2.24) is 15.6 Å². The number of benzene rings is 1. The summed E-state index contributed by atoms with van der Waals surface area (Å²) < 4.78 is 0. The number of hydrogen-bond acceptors (Lipinski definition) is 3. The maximum absolute atomic E-state index is 11.7. The lowest BCUT2D eigenvalue weighted by Gasteiger charge is -2.01. The van der Waals surface area contributed by atoms with E-state index < -0.39 is 0 Å². The van der Waals surface area contributed by atoms with Crippen molar-refractivity contribution in [3.8, 4) is 0 Å². The molecule has 0 radical (unpaired) electrons. The first-order valence-electron chi connectivity index (χ1n) is 5.69. The van der Waals surface area contributed by atoms with E-state index in [9.17, 15) is 4.79 Å². The first-order chi connectivity index (χ1) is 9.06. The molecular formula is C13H13ClN4O. The molecule has 0 aliphatic rings. The molecule has 98 valence electrons. The molecule has 0 saturated carbocycles. The molecule has 1 amide bonds. The first kappa shape index (κ1) is 13.3. The fourth-order valence-electron chi connectivity index (χ4n) is 1.48. The Morgan fingerprint density at radius 1 is 1.37 bits per heavy atom. The number of hydrazone groups is 1. The molecule has 0 unspecified atom stereocenters. The zero-order valence-corrected chi connectivity index (χ0v) is 11.3. The van der Waals surface area contributed by atoms with Gasteiger partial charge in [0.2, 0.25) is 0 Å². The average molecular weight is 277 g/mol. The highest BCUT2D eigenvalue weighted by Crippen LogP contribution is 2.10. The number of carbonyl (C=O) groups is 1. The Morgan fingerprint density at radius 3 is 2.63 bits per heavy atom. The molecule has 0 bridgehead atoms. The van der Waals surface area contributed by atoms with E-state index in [1.807, 2.05) is 19.1 Å². The maximum Gasteiger partial charge on any atom is 0.291 e. The van der Waals surface area contributed by atoms with Gasteiger partial charge in [-0.15, -0.1) is 0 Å². The maximum atomic E-state index is 11.7. The summed E-state index contributed by atoms with van der Waals surface area (Å²) in [7, 11) is 0. The van der Waals surface area contributed by atoms with E-state index in [2.05, 4.69) is 20.7 Å². The number of hydrogen-bond donors (Lipinski definition) is 2. The van der Waals surface area contributed by atoms with E-state index in [1.165, 1.54) is 0 Å². The Balaban J connectivity index is 2.06. The number of H-pyrrole nitrogens is 1. The Morgan fingerprint density at radius 2 is 2.05 bits per heavy atom. The number of aromatic nitrogens is 2. The minimum Gasteiger partial charge on any atom is -0.282 e. The summed E-state index contributed by atoms with van der Waals surface area (Å²) in [6.45, 7) is 3.63. The number of aryl methyl sites for hydroxylation is 1. The largest absolute Gasteiger partial charge is 0.291 e. The van der Waals surface area contributed by atoms with Gasteiger partial charge in [-0.05, 0) is 37.6 Å². The molecule has 2 aromatic rings. The number of halogens is 1. The topological polar surface area (TPSA) is 70.1 Å². The number of carbonyl (C=O) groups excluding carboxylic acids is 1. The second-order valence-electron chi connectivity index (χ2n) is 4.08. The van der Waals surface area contributed by atoms with E-state index in [4.69, 9.17) is 11.6 Å². The fourth-order valence-corrected chi connectivity index (χ4v) is 1.61. The van der Waals surface area contributed by atoms with Crippen molar-refractivity contribution in [2.24, 2.45) is 5.10 Å². The van der Waals surface area contributed by atoms with Gasteiger partial charge in [0.25, 0.3) is 5.91 Å². The van der Waals surface area contributed by atoms with Crippen molar-refractivity contribution in [3.05, 3.63) is 52.3 Å². The van der Waals surface area contributed by atoms with Crippen LogP contribution in [0.25, 0.3) is 0 Å². The van der Waals surface area contributed by atoms with Crippen molar-refractivity contribution >= 4 is 23.2 Å². The lowest BCUT2D eigenvalue weighted by Crippen LogP contribution is -2.19. The minimum absolute atomic E-state index is 0.310. The lowest BCUT2D eigenvalue weighted by atomic mass is 10.1. The van der Waals surface area contributed by atoms with Crippen molar-refractivity contribution in [2.45, 2.75) is 13.8 Å². The molecule has 5 nitrogen and oxygen atoms in total. The molecule has 1 aromatic carbocycles. The Kier molecular flexibility index (Phi) is 3.97. The smallest absolute Gasteiger partial charge is 0.282 e. The summed E-state index contributed by atoms with van der Waals surface area (Å²) in [5, 5.41) is 11.2. The van der Waals surface area contributed by atoms with Gasteiger partial charge in [-0.1, -0.05) is 23.7 Å². The molecule has 0 spiro atoms. The normalized spacial score (nSPS) is 11.4. The zero-order valence-electron chi connectivity index (χ0n) is 10.6. The third kappa shape index (κ3) is 3.42. The van der Waals surface area contributed by atoms with Crippen molar-refractivity contribution in [1.29, 1.82) is 0 Å². The van der Waals surface area contributed by atoms with Gasteiger partial charge in [-0.2, -0.15) is 10.2 Å². The van der Waals surface area contributed by atoms with Crippen molar-refractivity contribution in [2.75, 3.05) is 0 Å². The van der Waals surface area contributed by atoms with Crippen LogP contribution in [0.15, 0.2) is 35.4 Å². The lowest BCUT2D eigenvalue weighted by molar-refractivity contribution is 0.0950. The molecule has 1 aromatic heterocycles. The second kappa shape index (κ2) is 5.67. The summed E-state index contributed by atoms with van der Waals surface area (Å²) in [4.78, 5) is 11.7. The third-order valence-electron chi connectivity index (χ3n) is 2.53. The van der Waals surface area contributed by atoms with Crippen LogP contribution < -0.4 is 5.43 Å². The van der Waals surface area contributed by atoms with Gasteiger partial charge in [0.1, 0.15) is 0 Å². The minimum atomic E-state index is -0.349. The summed E-state index contributed by atoms with van der Waals surface area (Å²) in [5.41, 5.74) is 5.18. The van der Waals surface area contributed by atoms with Crippen molar-refractivity contribution < 1.29 is 4.79 Å². The van der Waals surface area contributed by atoms with E-state index in [0.29, 0.717) is 16.4 Å². The molecular weight excluding hydrogens is 264 g/mol. The van der Waals surface area contributed by atoms with Crippen LogP contribution >= 0.6 is 11.6 Å². The van der Waals surface area contributed by atoms with Gasteiger partial charge >= 0.3 is 0 Å². The zero-order chi connectivity index (χ0) is 13.8. The highest BCUT2D eigenvalue weighted by Gasteiger charge is 2.08. The summed E-state index contributed by atoms with van der Waals surface area (Å²) in [5.74, 6) is -0.349. The Bertz CT molecular complexity index is 616. The number of aromatic amines is 1. The van der Waals surface area contributed by atoms with Crippen LogP contribution in [0.3, 0.4) is 0 Å². The molecule has 2 N–H and O–H groups in total. The van der Waals surface area contributed by atoms with Crippen LogP contribution in [0, 0.1) is 6.92 Å². The first-order valence-corrected chi connectivity index (χ1v) is 6.06. The number of nitrogens with one attached hydrogen (secondary N) is 2. The van der Waals surface area contributed by atoms with Crippen LogP contribution in [0.2, 0.25) is 5.02 Å². The summed E-state index contributed by atoms with van der Waals surface area (Å²) >= 11 is 5.80. The second-order valence-corrected chi connectivity index (χ2v) is 4.52. The van der Waals surface area contributed by atoms with Gasteiger partial charge in [-0.3, -0.25) is 9.89 Å². The van der Waals surface area contributed by atoms with Gasteiger partial charge in [0.15, 0.2) is 5.69 Å². The Labute approximate surface area is 115 Å². The van der Waals surface area contributed by atoms with E-state index in [1.54, 1.807) is 25.1 Å². The van der Waals surface area contributed by atoms with Gasteiger partial charge < -0.3 is 0 Å². The van der Waals surface area contributed by atoms with Crippen LogP contribution in [-0.4, -0.2) is 21.8 Å². The molecule has 1 heterocycles. The molecule has 0 aliphatic carbocycles. The van der Waals surface area contributed by atoms with Crippen LogP contribution in [0.4, 0.5) is 0 Å². The SMILES string of the molecule is C/C(=N/NC(=O)c1cc(C)[nH]n1)c1ccc(Cl)cc1. The highest BCUT2D eigenvalue weighted by molar-refractivity contribution is 6.30. The fraction of sp³-hybridized carbons (Fsp3) is 0.154. The van der Waals surface area contributed by atoms with Gasteiger partial charge in [0, 0.05) is 10.7 Å². The summed E-state index contributed by atoms with van der Waals surface area (Å²) in [6.07, 6.45) is 0. The quantitative estimate of drug-likeness (QED) is 0.668. The van der Waals surface area contributed by atoms with Crippen LogP contribution in [-0.2, 0) is 0 Å². The summed E-state index contributed by atoms with van der Waals surface area (Å²) in [6, 6.07) is 8.88. The van der Waals surface area contributed by atoms with Crippen molar-refractivity contribution in [3.63, 3.8) is 0 Å². The molecule has 0 saturated heterocycles. The van der Waals surface area contributed by atoms with E-state index >= 15 is 0 Å². The third-order valence-corrected chi connectivity index (χ3v) is 2.78. The number of rotatable bonds is 3. The molecule has 0 aliphatic heterocycles.